The van der Waals surface area contributed by atoms with Gasteiger partial charge in [0.25, 0.3) is 11.9 Å². The molecule has 0 bridgehead atoms. The van der Waals surface area contributed by atoms with E-state index in [1.54, 1.807) is 0 Å². The zero-order chi connectivity index (χ0) is 17.7. The molecule has 0 aromatic heterocycles. The zero-order valence-electron chi connectivity index (χ0n) is 13.9. The average molecular weight is 334 g/mol. The summed E-state index contributed by atoms with van der Waals surface area (Å²) in [4.78, 5) is 35.8. The molecule has 12 nitrogen and oxygen atoms in total. The highest BCUT2D eigenvalue weighted by molar-refractivity contribution is 5.63. The fourth-order valence-electron chi connectivity index (χ4n) is 0. The third kappa shape index (κ3) is 3020. The molecule has 0 aliphatic heterocycles. The number of hydrogen-bond donors (Lipinski definition) is 6. The number of quaternary nitrogens is 2. The second kappa shape index (κ2) is 42.8. The maximum Gasteiger partial charge on any atom is 0.300 e. The van der Waals surface area contributed by atoms with Gasteiger partial charge in [0.05, 0.1) is 0 Å². The van der Waals surface area contributed by atoms with Crippen LogP contribution in [0.5, 0.6) is 0 Å². The Balaban J connectivity index is -0.0000000250. The van der Waals surface area contributed by atoms with E-state index in [-0.39, 0.29) is 12.3 Å². The molecule has 0 fully saturated rings. The fourth-order valence-corrected chi connectivity index (χ4v) is 0. The van der Waals surface area contributed by atoms with E-state index < -0.39 is 23.9 Å². The molecular formula is C10H30N4O8. The predicted octanol–water partition coefficient (Wildman–Crippen LogP) is -2.65. The van der Waals surface area contributed by atoms with E-state index in [0.717, 1.165) is 27.7 Å². The molecule has 0 spiro atoms. The van der Waals surface area contributed by atoms with Crippen LogP contribution < -0.4 is 34.0 Å². The SMILES string of the molecule is CC(=O)O.CC(=O)O.CC(=O)[O-].CC(=O)[O-].NCCN.[NH4+].[NH4+]. The summed E-state index contributed by atoms with van der Waals surface area (Å²) in [5.41, 5.74) is 9.81. The van der Waals surface area contributed by atoms with Crippen molar-refractivity contribution < 1.29 is 39.6 Å². The van der Waals surface area contributed by atoms with E-state index in [1.165, 1.54) is 0 Å². The monoisotopic (exact) mass is 334 g/mol. The number of carboxylic acids is 4. The molecule has 0 heterocycles. The predicted molar refractivity (Wildman–Crippen MR) is 78.1 cm³/mol. The van der Waals surface area contributed by atoms with Gasteiger partial charge in [-0.15, -0.1) is 0 Å². The average Bonchev–Trinajstić information content (AvgIpc) is 2.13. The van der Waals surface area contributed by atoms with Crippen molar-refractivity contribution in [2.24, 2.45) is 11.5 Å². The van der Waals surface area contributed by atoms with E-state index in [2.05, 4.69) is 0 Å². The summed E-state index contributed by atoms with van der Waals surface area (Å²) in [5.74, 6) is -3.83. The van der Waals surface area contributed by atoms with E-state index in [1.807, 2.05) is 0 Å². The van der Waals surface area contributed by atoms with Gasteiger partial charge in [0.1, 0.15) is 0 Å². The molecule has 0 saturated carbocycles. The molecule has 22 heavy (non-hydrogen) atoms. The van der Waals surface area contributed by atoms with E-state index in [0.29, 0.717) is 13.1 Å². The van der Waals surface area contributed by atoms with E-state index >= 15 is 0 Å². The Kier molecular flexibility index (Phi) is 83.1. The number of carbonyl (C=O) groups excluding carboxylic acids is 2. The number of nitrogens with two attached hydrogens (primary N) is 2. The van der Waals surface area contributed by atoms with Crippen LogP contribution >= 0.6 is 0 Å². The molecule has 0 aromatic carbocycles. The van der Waals surface area contributed by atoms with Crippen molar-refractivity contribution in [1.82, 2.24) is 12.3 Å². The Morgan fingerprint density at radius 1 is 0.727 bits per heavy atom. The second-order valence-corrected chi connectivity index (χ2v) is 2.60. The number of aliphatic carboxylic acids is 4. The molecule has 0 aliphatic rings. The molecule has 0 aromatic rings. The Morgan fingerprint density at radius 3 is 0.773 bits per heavy atom. The first-order valence-corrected chi connectivity index (χ1v) is 4.99. The van der Waals surface area contributed by atoms with Gasteiger partial charge in [-0.2, -0.15) is 0 Å². The van der Waals surface area contributed by atoms with Gasteiger partial charge >= 0.3 is 0 Å². The minimum absolute atomic E-state index is 0. The first kappa shape index (κ1) is 42.7. The lowest BCUT2D eigenvalue weighted by molar-refractivity contribution is -0.303. The van der Waals surface area contributed by atoms with Crippen LogP contribution in [0.2, 0.25) is 0 Å². The van der Waals surface area contributed by atoms with Gasteiger partial charge in [0.2, 0.25) is 0 Å². The first-order valence-electron chi connectivity index (χ1n) is 4.99. The van der Waals surface area contributed by atoms with Crippen LogP contribution in [0, 0.1) is 0 Å². The van der Waals surface area contributed by atoms with Crippen molar-refractivity contribution in [2.45, 2.75) is 27.7 Å². The Bertz CT molecular complexity index is 195. The smallest absolute Gasteiger partial charge is 0.300 e. The zero-order valence-corrected chi connectivity index (χ0v) is 13.9. The molecule has 0 unspecified atom stereocenters. The highest BCUT2D eigenvalue weighted by Crippen LogP contribution is 1.42. The van der Waals surface area contributed by atoms with Crippen LogP contribution in [-0.4, -0.2) is 47.2 Å². The van der Waals surface area contributed by atoms with Gasteiger partial charge in [-0.05, 0) is 13.8 Å². The maximum atomic E-state index is 9.00. The van der Waals surface area contributed by atoms with Crippen LogP contribution in [0.1, 0.15) is 27.7 Å². The topological polar surface area (TPSA) is 280 Å². The first-order chi connectivity index (χ1) is 8.84. The van der Waals surface area contributed by atoms with Crippen molar-refractivity contribution in [3.63, 3.8) is 0 Å². The molecule has 12 heteroatoms. The molecule has 0 radical (unpaired) electrons. The van der Waals surface area contributed by atoms with Gasteiger partial charge in [-0.3, -0.25) is 9.59 Å². The normalized spacial score (nSPS) is 5.91. The van der Waals surface area contributed by atoms with E-state index in [9.17, 15) is 0 Å². The van der Waals surface area contributed by atoms with Gasteiger partial charge < -0.3 is 53.8 Å². The van der Waals surface area contributed by atoms with Crippen LogP contribution in [0.25, 0.3) is 0 Å². The highest BCUT2D eigenvalue weighted by Gasteiger charge is 1.65. The minimum Gasteiger partial charge on any atom is -0.550 e. The molecule has 0 atom stereocenters. The quantitative estimate of drug-likeness (QED) is 0.289. The summed E-state index contributed by atoms with van der Waals surface area (Å²) in [6.07, 6.45) is 0. The van der Waals surface area contributed by atoms with Crippen molar-refractivity contribution in [3.8, 4) is 0 Å². The van der Waals surface area contributed by atoms with Crippen molar-refractivity contribution >= 4 is 23.9 Å². The fraction of sp³-hybridized carbons (Fsp3) is 0.600. The van der Waals surface area contributed by atoms with Crippen molar-refractivity contribution in [1.29, 1.82) is 0 Å². The maximum absolute atomic E-state index is 9.00. The van der Waals surface area contributed by atoms with Gasteiger partial charge in [0.15, 0.2) is 0 Å². The molecule has 138 valence electrons. The summed E-state index contributed by atoms with van der Waals surface area (Å²) in [6, 6.07) is 0. The third-order valence-corrected chi connectivity index (χ3v) is 0.167. The minimum atomic E-state index is -1.08. The van der Waals surface area contributed by atoms with Crippen molar-refractivity contribution in [2.75, 3.05) is 13.1 Å². The molecule has 0 saturated heterocycles. The number of rotatable bonds is 1. The highest BCUT2D eigenvalue weighted by atomic mass is 16.4. The van der Waals surface area contributed by atoms with Crippen LogP contribution in [0.3, 0.4) is 0 Å². The summed E-state index contributed by atoms with van der Waals surface area (Å²) < 4.78 is 0. The van der Waals surface area contributed by atoms with E-state index in [4.69, 9.17) is 51.1 Å². The summed E-state index contributed by atoms with van der Waals surface area (Å²) in [7, 11) is 0. The summed E-state index contributed by atoms with van der Waals surface area (Å²) >= 11 is 0. The number of carbonyl (C=O) groups is 4. The molecule has 14 N–H and O–H groups in total. The van der Waals surface area contributed by atoms with Crippen LogP contribution in [0.15, 0.2) is 0 Å². The lowest BCUT2D eigenvalue weighted by Gasteiger charge is -1.77. The lowest BCUT2D eigenvalue weighted by atomic mass is 10.7. The van der Waals surface area contributed by atoms with Crippen molar-refractivity contribution in [3.05, 3.63) is 0 Å². The Morgan fingerprint density at radius 2 is 0.773 bits per heavy atom. The van der Waals surface area contributed by atoms with Gasteiger partial charge in [-0.25, -0.2) is 0 Å². The van der Waals surface area contributed by atoms with Crippen LogP contribution in [-0.2, 0) is 19.2 Å². The van der Waals surface area contributed by atoms with Gasteiger partial charge in [0, 0.05) is 38.9 Å². The van der Waals surface area contributed by atoms with Crippen LogP contribution in [0.4, 0.5) is 0 Å². The number of carboxylic acid groups (broad SMARTS) is 4. The summed E-state index contributed by atoms with van der Waals surface area (Å²) in [6.45, 7) is 5.31. The molecule has 0 aliphatic carbocycles. The molecule has 0 rings (SSSR count). The standard InChI is InChI=1S/C2H8N2.4C2H4O2.2H3N/c3-1-2-4;4*1-2(3)4;;/h1-4H2;4*1H3,(H,3,4);2*1H3. The molecular weight excluding hydrogens is 304 g/mol. The lowest BCUT2D eigenvalue weighted by Crippen LogP contribution is -2.16. The third-order valence-electron chi connectivity index (χ3n) is 0.167. The second-order valence-electron chi connectivity index (χ2n) is 2.60. The molecule has 0 amide bonds. The number of hydrogen-bond acceptors (Lipinski definition) is 8. The Labute approximate surface area is 129 Å². The van der Waals surface area contributed by atoms with Gasteiger partial charge in [-0.1, -0.05) is 0 Å². The Hall–Kier alpha value is -2.28. The summed E-state index contributed by atoms with van der Waals surface area (Å²) in [5, 5.41) is 32.6. The largest absolute Gasteiger partial charge is 0.550 e.